The van der Waals surface area contributed by atoms with Gasteiger partial charge in [0.15, 0.2) is 6.10 Å². The first-order chi connectivity index (χ1) is 14.1. The van der Waals surface area contributed by atoms with Crippen LogP contribution in [0.2, 0.25) is 0 Å². The molecule has 0 saturated carbocycles. The summed E-state index contributed by atoms with van der Waals surface area (Å²) in [6.07, 6.45) is -4.64. The molecular weight excluding hydrogens is 393 g/mol. The lowest BCUT2D eigenvalue weighted by molar-refractivity contribution is -0.137. The van der Waals surface area contributed by atoms with E-state index in [2.05, 4.69) is 5.32 Å². The van der Waals surface area contributed by atoms with Crippen LogP contribution in [0, 0.1) is 24.2 Å². The molecule has 2 aromatic rings. The van der Waals surface area contributed by atoms with Crippen molar-refractivity contribution in [1.29, 1.82) is 5.26 Å². The molecule has 7 heteroatoms. The molecule has 0 aromatic heterocycles. The van der Waals surface area contributed by atoms with Crippen LogP contribution in [0.25, 0.3) is 0 Å². The van der Waals surface area contributed by atoms with Crippen LogP contribution in [0.4, 0.5) is 13.2 Å². The van der Waals surface area contributed by atoms with Crippen molar-refractivity contribution in [3.8, 4) is 11.8 Å². The number of halogens is 3. The van der Waals surface area contributed by atoms with Crippen LogP contribution >= 0.6 is 0 Å². The maximum absolute atomic E-state index is 13.2. The van der Waals surface area contributed by atoms with Crippen LogP contribution in [0.15, 0.2) is 42.5 Å². The highest BCUT2D eigenvalue weighted by Crippen LogP contribution is 2.34. The van der Waals surface area contributed by atoms with Crippen molar-refractivity contribution in [2.45, 2.75) is 45.9 Å². The maximum Gasteiger partial charge on any atom is 0.417 e. The van der Waals surface area contributed by atoms with E-state index < -0.39 is 23.4 Å². The number of aryl methyl sites for hydroxylation is 1. The molecule has 0 bridgehead atoms. The van der Waals surface area contributed by atoms with Gasteiger partial charge in [-0.25, -0.2) is 0 Å². The number of nitrogens with one attached hydrogen (secondary N) is 1. The van der Waals surface area contributed by atoms with Gasteiger partial charge in [-0.15, -0.1) is 0 Å². The molecule has 0 radical (unpaired) electrons. The minimum atomic E-state index is -4.69. The molecule has 4 nitrogen and oxygen atoms in total. The van der Waals surface area contributed by atoms with Crippen LogP contribution < -0.4 is 10.1 Å². The van der Waals surface area contributed by atoms with Crippen molar-refractivity contribution >= 4 is 5.91 Å². The number of nitriles is 1. The maximum atomic E-state index is 13.2. The van der Waals surface area contributed by atoms with E-state index in [1.807, 2.05) is 45.0 Å². The standard InChI is InChI=1S/C23H25F3N2O2/c1-15(2)11-21(22(29)28-10-9-17-6-4-5-16(3)12-17)30-19-8-7-18(14-27)20(13-19)23(24,25)26/h4-8,12-13,15,21H,9-11H2,1-3H3,(H,28,29). The van der Waals surface area contributed by atoms with Crippen molar-refractivity contribution in [1.82, 2.24) is 5.32 Å². The normalized spacial score (nSPS) is 12.3. The number of rotatable bonds is 8. The predicted octanol–water partition coefficient (Wildman–Crippen LogP) is 5.04. The Morgan fingerprint density at radius 3 is 2.53 bits per heavy atom. The third-order valence-electron chi connectivity index (χ3n) is 4.47. The first-order valence-electron chi connectivity index (χ1n) is 9.71. The van der Waals surface area contributed by atoms with Gasteiger partial charge in [-0.05, 0) is 49.4 Å². The minimum absolute atomic E-state index is 0.0954. The molecule has 0 saturated heterocycles. The lowest BCUT2D eigenvalue weighted by Crippen LogP contribution is -2.40. The van der Waals surface area contributed by atoms with Crippen LogP contribution in [-0.4, -0.2) is 18.6 Å². The van der Waals surface area contributed by atoms with E-state index >= 15 is 0 Å². The Bertz CT molecular complexity index is 917. The zero-order valence-corrected chi connectivity index (χ0v) is 17.2. The van der Waals surface area contributed by atoms with Crippen molar-refractivity contribution < 1.29 is 22.7 Å². The zero-order valence-electron chi connectivity index (χ0n) is 17.2. The quantitative estimate of drug-likeness (QED) is 0.653. The van der Waals surface area contributed by atoms with Gasteiger partial charge in [-0.2, -0.15) is 18.4 Å². The molecule has 0 aliphatic rings. The van der Waals surface area contributed by atoms with Gasteiger partial charge in [0.25, 0.3) is 5.91 Å². The molecule has 0 aliphatic heterocycles. The average Bonchev–Trinajstić information content (AvgIpc) is 2.66. The smallest absolute Gasteiger partial charge is 0.417 e. The number of hydrogen-bond donors (Lipinski definition) is 1. The first-order valence-corrected chi connectivity index (χ1v) is 9.71. The number of hydrogen-bond acceptors (Lipinski definition) is 3. The summed E-state index contributed by atoms with van der Waals surface area (Å²) in [5.41, 5.74) is 0.642. The first kappa shape index (κ1) is 23.3. The molecule has 2 rings (SSSR count). The van der Waals surface area contributed by atoms with Crippen LogP contribution in [0.5, 0.6) is 5.75 Å². The summed E-state index contributed by atoms with van der Waals surface area (Å²) in [5.74, 6) is -0.381. The molecule has 0 fully saturated rings. The van der Waals surface area contributed by atoms with E-state index in [4.69, 9.17) is 10.00 Å². The number of carbonyl (C=O) groups excluding carboxylic acids is 1. The fourth-order valence-electron chi connectivity index (χ4n) is 3.04. The molecule has 1 N–H and O–H groups in total. The fourth-order valence-corrected chi connectivity index (χ4v) is 3.04. The number of nitrogens with zero attached hydrogens (tertiary/aromatic N) is 1. The number of alkyl halides is 3. The zero-order chi connectivity index (χ0) is 22.3. The number of amides is 1. The van der Waals surface area contributed by atoms with E-state index in [1.165, 1.54) is 12.1 Å². The summed E-state index contributed by atoms with van der Waals surface area (Å²) < 4.78 is 45.2. The van der Waals surface area contributed by atoms with Gasteiger partial charge in [0, 0.05) is 6.54 Å². The summed E-state index contributed by atoms with van der Waals surface area (Å²) in [6, 6.07) is 12.6. The van der Waals surface area contributed by atoms with Gasteiger partial charge in [0.1, 0.15) is 5.75 Å². The predicted molar refractivity (Wildman–Crippen MR) is 108 cm³/mol. The van der Waals surface area contributed by atoms with Crippen molar-refractivity contribution in [2.75, 3.05) is 6.54 Å². The monoisotopic (exact) mass is 418 g/mol. The number of ether oxygens (including phenoxy) is 1. The van der Waals surface area contributed by atoms with Crippen molar-refractivity contribution in [3.63, 3.8) is 0 Å². The second kappa shape index (κ2) is 10.1. The van der Waals surface area contributed by atoms with E-state index in [0.29, 0.717) is 19.4 Å². The van der Waals surface area contributed by atoms with Crippen LogP contribution in [0.1, 0.15) is 42.5 Å². The Hall–Kier alpha value is -3.01. The number of benzene rings is 2. The highest BCUT2D eigenvalue weighted by Gasteiger charge is 2.34. The van der Waals surface area contributed by atoms with E-state index in [-0.39, 0.29) is 17.6 Å². The summed E-state index contributed by atoms with van der Waals surface area (Å²) in [5, 5.41) is 11.7. The summed E-state index contributed by atoms with van der Waals surface area (Å²) >= 11 is 0. The second-order valence-electron chi connectivity index (χ2n) is 7.58. The minimum Gasteiger partial charge on any atom is -0.481 e. The van der Waals surface area contributed by atoms with Gasteiger partial charge < -0.3 is 10.1 Å². The largest absolute Gasteiger partial charge is 0.481 e. The highest BCUT2D eigenvalue weighted by molar-refractivity contribution is 5.81. The summed E-state index contributed by atoms with van der Waals surface area (Å²) in [7, 11) is 0. The van der Waals surface area contributed by atoms with E-state index in [1.54, 1.807) is 0 Å². The Morgan fingerprint density at radius 2 is 1.93 bits per heavy atom. The van der Waals surface area contributed by atoms with Gasteiger partial charge in [-0.1, -0.05) is 43.7 Å². The molecule has 0 aliphatic carbocycles. The Labute approximate surface area is 174 Å². The molecule has 30 heavy (non-hydrogen) atoms. The summed E-state index contributed by atoms with van der Waals surface area (Å²) in [4.78, 5) is 12.6. The number of carbonyl (C=O) groups is 1. The molecule has 1 unspecified atom stereocenters. The molecule has 0 spiro atoms. The third-order valence-corrected chi connectivity index (χ3v) is 4.47. The van der Waals surface area contributed by atoms with Gasteiger partial charge in [0.05, 0.1) is 17.2 Å². The van der Waals surface area contributed by atoms with Crippen molar-refractivity contribution in [2.24, 2.45) is 5.92 Å². The Balaban J connectivity index is 2.10. The molecule has 1 amide bonds. The van der Waals surface area contributed by atoms with Crippen LogP contribution in [-0.2, 0) is 17.4 Å². The van der Waals surface area contributed by atoms with Gasteiger partial charge >= 0.3 is 6.18 Å². The second-order valence-corrected chi connectivity index (χ2v) is 7.58. The van der Waals surface area contributed by atoms with Crippen molar-refractivity contribution in [3.05, 3.63) is 64.7 Å². The fraction of sp³-hybridized carbons (Fsp3) is 0.391. The van der Waals surface area contributed by atoms with E-state index in [9.17, 15) is 18.0 Å². The SMILES string of the molecule is Cc1cccc(CCNC(=O)C(CC(C)C)Oc2ccc(C#N)c(C(F)(F)F)c2)c1. The lowest BCUT2D eigenvalue weighted by atomic mass is 10.0. The Kier molecular flexibility index (Phi) is 7.87. The van der Waals surface area contributed by atoms with Gasteiger partial charge in [-0.3, -0.25) is 4.79 Å². The average molecular weight is 418 g/mol. The Morgan fingerprint density at radius 1 is 1.20 bits per heavy atom. The molecule has 160 valence electrons. The van der Waals surface area contributed by atoms with E-state index in [0.717, 1.165) is 23.3 Å². The third kappa shape index (κ3) is 6.80. The molecule has 1 atom stereocenters. The van der Waals surface area contributed by atoms with Crippen LogP contribution in [0.3, 0.4) is 0 Å². The molecule has 2 aromatic carbocycles. The highest BCUT2D eigenvalue weighted by atomic mass is 19.4. The topological polar surface area (TPSA) is 62.1 Å². The van der Waals surface area contributed by atoms with Gasteiger partial charge in [0.2, 0.25) is 0 Å². The summed E-state index contributed by atoms with van der Waals surface area (Å²) in [6.45, 7) is 6.18. The lowest BCUT2D eigenvalue weighted by Gasteiger charge is -2.21. The molecular formula is C23H25F3N2O2. The molecule has 0 heterocycles.